The lowest BCUT2D eigenvalue weighted by Crippen LogP contribution is -2.50. The first kappa shape index (κ1) is 18.8. The summed E-state index contributed by atoms with van der Waals surface area (Å²) < 4.78 is 20.6. The van der Waals surface area contributed by atoms with E-state index >= 15 is 0 Å². The van der Waals surface area contributed by atoms with Gasteiger partial charge in [0.15, 0.2) is 11.7 Å². The fourth-order valence-corrected chi connectivity index (χ4v) is 3.10. The first-order valence-corrected chi connectivity index (χ1v) is 8.35. The second kappa shape index (κ2) is 6.29. The maximum Gasteiger partial charge on any atom is 0.337 e. The monoisotopic (exact) mass is 375 g/mol. The largest absolute Gasteiger partial charge is 0.575 e. The minimum atomic E-state index is -1.54. The number of hydrogen-bond acceptors (Lipinski definition) is 8. The standard InChI is InChI=1S/C19H20O8/c1-18(2)24-14(20)12(15(21)25-18)11(10-8-6-5-7-9-10)13-16(22)26-19(3,4)27-17(13)23/h5-9,11-12,22H,1-4H3/p-1. The van der Waals surface area contributed by atoms with Gasteiger partial charge in [0.05, 0.1) is 11.5 Å². The Morgan fingerprint density at radius 2 is 1.37 bits per heavy atom. The zero-order valence-corrected chi connectivity index (χ0v) is 15.3. The average Bonchev–Trinajstić information content (AvgIpc) is 2.50. The van der Waals surface area contributed by atoms with Crippen LogP contribution in [-0.2, 0) is 33.3 Å². The molecule has 0 N–H and O–H groups in total. The molecule has 1 atom stereocenters. The van der Waals surface area contributed by atoms with Crippen LogP contribution < -0.4 is 5.11 Å². The normalized spacial score (nSPS) is 23.0. The molecule has 2 heterocycles. The molecule has 1 fully saturated rings. The zero-order valence-electron chi connectivity index (χ0n) is 15.3. The highest BCUT2D eigenvalue weighted by Crippen LogP contribution is 2.41. The van der Waals surface area contributed by atoms with Crippen LogP contribution in [0.5, 0.6) is 0 Å². The number of carbonyl (C=O) groups excluding carboxylic acids is 3. The summed E-state index contributed by atoms with van der Waals surface area (Å²) >= 11 is 0. The van der Waals surface area contributed by atoms with Crippen molar-refractivity contribution in [2.75, 3.05) is 0 Å². The molecule has 0 saturated carbocycles. The molecule has 3 rings (SSSR count). The molecule has 2 aliphatic heterocycles. The third-order valence-electron chi connectivity index (χ3n) is 4.12. The van der Waals surface area contributed by atoms with Crippen molar-refractivity contribution < 1.29 is 38.4 Å². The minimum Gasteiger partial charge on any atom is -0.575 e. The van der Waals surface area contributed by atoms with E-state index in [1.807, 2.05) is 0 Å². The molecule has 8 nitrogen and oxygen atoms in total. The topological polar surface area (TPSA) is 111 Å². The molecule has 1 unspecified atom stereocenters. The van der Waals surface area contributed by atoms with Gasteiger partial charge in [-0.15, -0.1) is 0 Å². The molecule has 0 radical (unpaired) electrons. The summed E-state index contributed by atoms with van der Waals surface area (Å²) in [5, 5.41) is 12.6. The highest BCUT2D eigenvalue weighted by molar-refractivity contribution is 6.01. The third-order valence-corrected chi connectivity index (χ3v) is 4.12. The molecule has 1 aromatic rings. The predicted octanol–water partition coefficient (Wildman–Crippen LogP) is 1.10. The van der Waals surface area contributed by atoms with Crippen molar-refractivity contribution >= 4 is 17.9 Å². The van der Waals surface area contributed by atoms with Crippen molar-refractivity contribution in [1.82, 2.24) is 0 Å². The summed E-state index contributed by atoms with van der Waals surface area (Å²) in [6.07, 6.45) is 0. The fourth-order valence-electron chi connectivity index (χ4n) is 3.10. The van der Waals surface area contributed by atoms with Crippen LogP contribution in [0.25, 0.3) is 0 Å². The van der Waals surface area contributed by atoms with Gasteiger partial charge in [0.25, 0.3) is 5.79 Å². The Bertz CT molecular complexity index is 801. The van der Waals surface area contributed by atoms with Gasteiger partial charge in [0, 0.05) is 19.8 Å². The van der Waals surface area contributed by atoms with E-state index in [-0.39, 0.29) is 0 Å². The lowest BCUT2D eigenvalue weighted by atomic mass is 9.79. The molecule has 144 valence electrons. The van der Waals surface area contributed by atoms with Gasteiger partial charge in [-0.1, -0.05) is 30.3 Å². The summed E-state index contributed by atoms with van der Waals surface area (Å²) in [5.41, 5.74) is -0.0844. The summed E-state index contributed by atoms with van der Waals surface area (Å²) in [4.78, 5) is 37.7. The van der Waals surface area contributed by atoms with Crippen LogP contribution in [0.2, 0.25) is 0 Å². The van der Waals surface area contributed by atoms with E-state index < -0.39 is 52.8 Å². The van der Waals surface area contributed by atoms with Crippen LogP contribution in [0.3, 0.4) is 0 Å². The van der Waals surface area contributed by atoms with Crippen LogP contribution in [0, 0.1) is 5.92 Å². The molecule has 0 spiro atoms. The number of cyclic esters (lactones) is 3. The molecule has 1 aromatic carbocycles. The van der Waals surface area contributed by atoms with Crippen molar-refractivity contribution in [3.8, 4) is 0 Å². The molecule has 27 heavy (non-hydrogen) atoms. The van der Waals surface area contributed by atoms with Crippen LogP contribution >= 0.6 is 0 Å². The van der Waals surface area contributed by atoms with Crippen LogP contribution in [0.4, 0.5) is 0 Å². The second-order valence-electron chi connectivity index (χ2n) is 7.20. The van der Waals surface area contributed by atoms with Gasteiger partial charge in [0.1, 0.15) is 0 Å². The quantitative estimate of drug-likeness (QED) is 0.570. The van der Waals surface area contributed by atoms with E-state index in [4.69, 9.17) is 18.9 Å². The highest BCUT2D eigenvalue weighted by atomic mass is 16.8. The van der Waals surface area contributed by atoms with Crippen LogP contribution in [0.15, 0.2) is 41.9 Å². The Hall–Kier alpha value is -3.03. The van der Waals surface area contributed by atoms with E-state index in [9.17, 15) is 19.5 Å². The van der Waals surface area contributed by atoms with Crippen molar-refractivity contribution in [3.05, 3.63) is 47.4 Å². The van der Waals surface area contributed by atoms with E-state index in [0.717, 1.165) is 0 Å². The first-order valence-electron chi connectivity index (χ1n) is 8.35. The van der Waals surface area contributed by atoms with Crippen molar-refractivity contribution in [1.29, 1.82) is 0 Å². The van der Waals surface area contributed by atoms with Gasteiger partial charge in [0.2, 0.25) is 0 Å². The summed E-state index contributed by atoms with van der Waals surface area (Å²) in [6, 6.07) is 8.18. The number of carbonyl (C=O) groups is 3. The van der Waals surface area contributed by atoms with Crippen molar-refractivity contribution in [2.45, 2.75) is 45.2 Å². The van der Waals surface area contributed by atoms with Crippen LogP contribution in [-0.4, -0.2) is 29.5 Å². The summed E-state index contributed by atoms with van der Waals surface area (Å²) in [6.45, 7) is 5.64. The Morgan fingerprint density at radius 3 is 1.89 bits per heavy atom. The molecule has 0 amide bonds. The predicted molar refractivity (Wildman–Crippen MR) is 87.2 cm³/mol. The van der Waals surface area contributed by atoms with Crippen molar-refractivity contribution in [2.24, 2.45) is 5.92 Å². The maximum atomic E-state index is 12.6. The van der Waals surface area contributed by atoms with Gasteiger partial charge >= 0.3 is 17.9 Å². The van der Waals surface area contributed by atoms with Crippen molar-refractivity contribution in [3.63, 3.8) is 0 Å². The molecule has 0 aromatic heterocycles. The van der Waals surface area contributed by atoms with Gasteiger partial charge in [-0.3, -0.25) is 9.59 Å². The first-order chi connectivity index (χ1) is 12.5. The number of ether oxygens (including phenoxy) is 4. The van der Waals surface area contributed by atoms with E-state index in [1.54, 1.807) is 30.3 Å². The highest BCUT2D eigenvalue weighted by Gasteiger charge is 2.51. The number of benzene rings is 1. The molecule has 8 heteroatoms. The summed E-state index contributed by atoms with van der Waals surface area (Å²) in [5.74, 6) is -9.42. The Morgan fingerprint density at radius 1 is 0.852 bits per heavy atom. The fraction of sp³-hybridized carbons (Fsp3) is 0.421. The lowest BCUT2D eigenvalue weighted by molar-refractivity contribution is -0.394. The zero-order chi connectivity index (χ0) is 20.0. The Kier molecular flexibility index (Phi) is 4.37. The third kappa shape index (κ3) is 3.60. The maximum absolute atomic E-state index is 12.6. The second-order valence-corrected chi connectivity index (χ2v) is 7.20. The smallest absolute Gasteiger partial charge is 0.337 e. The van der Waals surface area contributed by atoms with Gasteiger partial charge in [-0.05, 0) is 19.4 Å². The summed E-state index contributed by atoms with van der Waals surface area (Å²) in [7, 11) is 0. The van der Waals surface area contributed by atoms with Gasteiger partial charge < -0.3 is 24.1 Å². The SMILES string of the molecule is CC1(C)OC(=O)C(C(C2=C([O-])OC(C)(C)OC2=O)c2ccccc2)C(=O)O1. The molecule has 0 bridgehead atoms. The molecule has 1 saturated heterocycles. The number of rotatable bonds is 3. The Labute approximate surface area is 155 Å². The van der Waals surface area contributed by atoms with E-state index in [0.29, 0.717) is 5.56 Å². The molecular formula is C19H19O8-. The van der Waals surface area contributed by atoms with E-state index in [2.05, 4.69) is 0 Å². The molecule has 2 aliphatic rings. The number of hydrogen-bond donors (Lipinski definition) is 0. The Balaban J connectivity index is 2.13. The van der Waals surface area contributed by atoms with E-state index in [1.165, 1.54) is 27.7 Å². The molecule has 0 aliphatic carbocycles. The van der Waals surface area contributed by atoms with Crippen LogP contribution in [0.1, 0.15) is 39.2 Å². The molecular weight excluding hydrogens is 356 g/mol. The minimum absolute atomic E-state index is 0.375. The van der Waals surface area contributed by atoms with Gasteiger partial charge in [-0.25, -0.2) is 4.79 Å². The van der Waals surface area contributed by atoms with Gasteiger partial charge in [-0.2, -0.15) is 0 Å². The number of esters is 3. The average molecular weight is 375 g/mol. The lowest BCUT2D eigenvalue weighted by Gasteiger charge is -2.42.